The smallest absolute Gasteiger partial charge is 0.311 e. The Morgan fingerprint density at radius 2 is 2.00 bits per heavy atom. The molecule has 31 heavy (non-hydrogen) atoms. The second kappa shape index (κ2) is 11.0. The molecule has 1 aliphatic rings. The van der Waals surface area contributed by atoms with E-state index < -0.39 is 35.4 Å². The average molecular weight is 432 g/mol. The molecule has 0 amide bonds. The van der Waals surface area contributed by atoms with Gasteiger partial charge in [-0.25, -0.2) is 0 Å². The van der Waals surface area contributed by atoms with Crippen LogP contribution in [0.5, 0.6) is 0 Å². The van der Waals surface area contributed by atoms with Crippen LogP contribution in [0.15, 0.2) is 36.4 Å². The lowest BCUT2D eigenvalue weighted by atomic mass is 9.88. The molecule has 0 saturated heterocycles. The van der Waals surface area contributed by atoms with Crippen LogP contribution in [0, 0.1) is 30.1 Å². The fourth-order valence-corrected chi connectivity index (χ4v) is 3.77. The summed E-state index contributed by atoms with van der Waals surface area (Å²) in [5, 5.41) is 21.0. The highest BCUT2D eigenvalue weighted by molar-refractivity contribution is 5.85. The van der Waals surface area contributed by atoms with Crippen LogP contribution in [0.2, 0.25) is 0 Å². The van der Waals surface area contributed by atoms with Gasteiger partial charge in [0, 0.05) is 31.8 Å². The molecule has 1 aromatic rings. The second-order valence-corrected chi connectivity index (χ2v) is 9.37. The Kier molecular flexibility index (Phi) is 8.98. The number of ether oxygens (including phenoxy) is 2. The molecule has 6 heteroatoms. The fraction of sp³-hybridized carbons (Fsp3) is 0.560. The summed E-state index contributed by atoms with van der Waals surface area (Å²) in [7, 11) is 1.64. The van der Waals surface area contributed by atoms with E-state index in [1.807, 2.05) is 24.3 Å². The minimum atomic E-state index is -0.920. The van der Waals surface area contributed by atoms with Crippen molar-refractivity contribution >= 4 is 11.8 Å². The van der Waals surface area contributed by atoms with Crippen molar-refractivity contribution in [3.8, 4) is 0 Å². The van der Waals surface area contributed by atoms with E-state index in [2.05, 4.69) is 6.92 Å². The van der Waals surface area contributed by atoms with Gasteiger partial charge in [-0.2, -0.15) is 0 Å². The van der Waals surface area contributed by atoms with Crippen molar-refractivity contribution in [2.24, 2.45) is 23.2 Å². The summed E-state index contributed by atoms with van der Waals surface area (Å²) < 4.78 is 10.4. The SMILES string of the molecule is [CH2]C(COC(=O)C(C)(C)C)C1C(=O)C[C@H](/C=C/[C@@H](O)Cc2cccc(COC)c2)[C@@H]1O. The van der Waals surface area contributed by atoms with Crippen LogP contribution in [0.1, 0.15) is 38.3 Å². The molecule has 0 aliphatic heterocycles. The topological polar surface area (TPSA) is 93.1 Å². The van der Waals surface area contributed by atoms with Crippen molar-refractivity contribution in [1.29, 1.82) is 0 Å². The van der Waals surface area contributed by atoms with Crippen LogP contribution < -0.4 is 0 Å². The number of hydrogen-bond donors (Lipinski definition) is 2. The van der Waals surface area contributed by atoms with Gasteiger partial charge in [-0.05, 0) is 38.8 Å². The Bertz CT molecular complexity index is 778. The molecule has 1 fully saturated rings. The first-order valence-corrected chi connectivity index (χ1v) is 10.7. The van der Waals surface area contributed by atoms with Crippen LogP contribution >= 0.6 is 0 Å². The molecule has 1 radical (unpaired) electrons. The molecule has 171 valence electrons. The van der Waals surface area contributed by atoms with Gasteiger partial charge in [0.05, 0.1) is 36.8 Å². The third-order valence-corrected chi connectivity index (χ3v) is 5.49. The van der Waals surface area contributed by atoms with Gasteiger partial charge < -0.3 is 19.7 Å². The predicted octanol–water partition coefficient (Wildman–Crippen LogP) is 2.90. The number of esters is 1. The molecule has 0 heterocycles. The molecule has 2 rings (SSSR count). The summed E-state index contributed by atoms with van der Waals surface area (Å²) in [6, 6.07) is 7.80. The number of ketones is 1. The summed E-state index contributed by atoms with van der Waals surface area (Å²) in [5.74, 6) is -2.08. The van der Waals surface area contributed by atoms with Crippen molar-refractivity contribution in [3.05, 3.63) is 54.5 Å². The van der Waals surface area contributed by atoms with Gasteiger partial charge in [0.2, 0.25) is 0 Å². The van der Waals surface area contributed by atoms with E-state index in [9.17, 15) is 19.8 Å². The molecular formula is C25H35O6. The molecule has 6 nitrogen and oxygen atoms in total. The van der Waals surface area contributed by atoms with E-state index in [1.165, 1.54) is 0 Å². The van der Waals surface area contributed by atoms with E-state index >= 15 is 0 Å². The number of benzene rings is 1. The maximum Gasteiger partial charge on any atom is 0.311 e. The van der Waals surface area contributed by atoms with Crippen molar-refractivity contribution in [3.63, 3.8) is 0 Å². The molecule has 2 N–H and O–H groups in total. The highest BCUT2D eigenvalue weighted by Gasteiger charge is 2.43. The summed E-state index contributed by atoms with van der Waals surface area (Å²) >= 11 is 0. The second-order valence-electron chi connectivity index (χ2n) is 9.37. The maximum absolute atomic E-state index is 12.5. The van der Waals surface area contributed by atoms with E-state index in [-0.39, 0.29) is 24.8 Å². The summed E-state index contributed by atoms with van der Waals surface area (Å²) in [6.07, 6.45) is 2.29. The van der Waals surface area contributed by atoms with Crippen LogP contribution in [-0.2, 0) is 32.1 Å². The first-order valence-electron chi connectivity index (χ1n) is 10.7. The van der Waals surface area contributed by atoms with E-state index in [1.54, 1.807) is 40.0 Å². The minimum Gasteiger partial charge on any atom is -0.465 e. The lowest BCUT2D eigenvalue weighted by Gasteiger charge is -2.24. The zero-order chi connectivity index (χ0) is 23.2. The van der Waals surface area contributed by atoms with Crippen molar-refractivity contribution in [2.45, 2.75) is 52.4 Å². The molecule has 1 saturated carbocycles. The number of aliphatic hydroxyl groups excluding tert-OH is 2. The molecule has 5 atom stereocenters. The third kappa shape index (κ3) is 7.27. The maximum atomic E-state index is 12.5. The number of carbonyl (C=O) groups is 2. The highest BCUT2D eigenvalue weighted by atomic mass is 16.5. The average Bonchev–Trinajstić information content (AvgIpc) is 2.97. The van der Waals surface area contributed by atoms with Crippen LogP contribution in [0.3, 0.4) is 0 Å². The monoisotopic (exact) mass is 431 g/mol. The van der Waals surface area contributed by atoms with Gasteiger partial charge in [0.15, 0.2) is 0 Å². The minimum absolute atomic E-state index is 0.0134. The van der Waals surface area contributed by atoms with Gasteiger partial charge >= 0.3 is 5.97 Å². The van der Waals surface area contributed by atoms with Crippen LogP contribution in [0.25, 0.3) is 0 Å². The molecule has 2 unspecified atom stereocenters. The van der Waals surface area contributed by atoms with Gasteiger partial charge in [-0.1, -0.05) is 36.4 Å². The van der Waals surface area contributed by atoms with Crippen LogP contribution in [-0.4, -0.2) is 47.9 Å². The highest BCUT2D eigenvalue weighted by Crippen LogP contribution is 2.35. The number of aliphatic hydroxyl groups is 2. The molecule has 1 aliphatic carbocycles. The Hall–Kier alpha value is -2.02. The number of rotatable bonds is 9. The Balaban J connectivity index is 1.92. The summed E-state index contributed by atoms with van der Waals surface area (Å²) in [5.41, 5.74) is 1.37. The lowest BCUT2D eigenvalue weighted by molar-refractivity contribution is -0.155. The normalized spacial score (nSPS) is 23.8. The largest absolute Gasteiger partial charge is 0.465 e. The van der Waals surface area contributed by atoms with Gasteiger partial charge in [0.1, 0.15) is 5.78 Å². The molecule has 1 aromatic carbocycles. The van der Waals surface area contributed by atoms with Crippen molar-refractivity contribution < 1.29 is 29.3 Å². The van der Waals surface area contributed by atoms with E-state index in [4.69, 9.17) is 9.47 Å². The predicted molar refractivity (Wildman–Crippen MR) is 118 cm³/mol. The summed E-state index contributed by atoms with van der Waals surface area (Å²) in [6.45, 7) is 9.70. The molecule has 0 aromatic heterocycles. The van der Waals surface area contributed by atoms with Gasteiger partial charge in [-0.15, -0.1) is 0 Å². The number of carbonyl (C=O) groups excluding carboxylic acids is 2. The Morgan fingerprint density at radius 3 is 2.65 bits per heavy atom. The van der Waals surface area contributed by atoms with Crippen LogP contribution in [0.4, 0.5) is 0 Å². The summed E-state index contributed by atoms with van der Waals surface area (Å²) in [4.78, 5) is 24.4. The quantitative estimate of drug-likeness (QED) is 0.461. The van der Waals surface area contributed by atoms with Gasteiger partial charge in [-0.3, -0.25) is 9.59 Å². The lowest BCUT2D eigenvalue weighted by Crippen LogP contribution is -2.33. The number of hydrogen-bond acceptors (Lipinski definition) is 6. The zero-order valence-corrected chi connectivity index (χ0v) is 18.9. The Labute approximate surface area is 185 Å². The number of methoxy groups -OCH3 is 1. The van der Waals surface area contributed by atoms with Crippen molar-refractivity contribution in [1.82, 2.24) is 0 Å². The molecular weight excluding hydrogens is 396 g/mol. The van der Waals surface area contributed by atoms with Gasteiger partial charge in [0.25, 0.3) is 0 Å². The molecule has 0 bridgehead atoms. The third-order valence-electron chi connectivity index (χ3n) is 5.49. The van der Waals surface area contributed by atoms with Crippen molar-refractivity contribution in [2.75, 3.05) is 13.7 Å². The standard InChI is InChI=1S/C25H35O6/c1-16(14-31-24(29)25(2,3)4)22-21(27)13-19(23(22)28)9-10-20(26)12-17-7-6-8-18(11-17)15-30-5/h6-11,16,19-20,22-23,26,28H,1,12-15H2,2-5H3/b10-9+/t16?,19-,20+,22?,23-/m0/s1. The fourth-order valence-electron chi connectivity index (χ4n) is 3.77. The van der Waals surface area contributed by atoms with E-state index in [0.717, 1.165) is 11.1 Å². The number of Topliss-reactive ketones (excluding diaryl/α,β-unsaturated/α-hetero) is 1. The zero-order valence-electron chi connectivity index (χ0n) is 18.9. The molecule has 0 spiro atoms. The Morgan fingerprint density at radius 1 is 1.32 bits per heavy atom. The first kappa shape index (κ1) is 25.2. The first-order chi connectivity index (χ1) is 14.5. The van der Waals surface area contributed by atoms with E-state index in [0.29, 0.717) is 13.0 Å².